The van der Waals surface area contributed by atoms with Gasteiger partial charge in [0.15, 0.2) is 0 Å². The number of para-hydroxylation sites is 2. The van der Waals surface area contributed by atoms with Crippen molar-refractivity contribution >= 4 is 11.6 Å². The van der Waals surface area contributed by atoms with Crippen LogP contribution >= 0.6 is 0 Å². The lowest BCUT2D eigenvalue weighted by Crippen LogP contribution is -2.61. The van der Waals surface area contributed by atoms with Gasteiger partial charge in [-0.25, -0.2) is 0 Å². The molecule has 2 aromatic carbocycles. The Morgan fingerprint density at radius 3 is 2.36 bits per heavy atom. The first-order valence-electron chi connectivity index (χ1n) is 10.1. The van der Waals surface area contributed by atoms with Crippen LogP contribution in [0.4, 0.5) is 5.69 Å². The van der Waals surface area contributed by atoms with E-state index >= 15 is 0 Å². The summed E-state index contributed by atoms with van der Waals surface area (Å²) in [5.41, 5.74) is 0.709. The van der Waals surface area contributed by atoms with Crippen LogP contribution in [0.15, 0.2) is 60.7 Å². The molecular formula is C23H28N2O3. The number of carbonyl (C=O) groups excluding carboxylic acids is 1. The molecule has 5 nitrogen and oxygen atoms in total. The molecular weight excluding hydrogens is 352 g/mol. The minimum atomic E-state index is -0.401. The van der Waals surface area contributed by atoms with Gasteiger partial charge in [-0.2, -0.15) is 0 Å². The Bertz CT molecular complexity index is 773. The summed E-state index contributed by atoms with van der Waals surface area (Å²) in [6.07, 6.45) is 1.46. The zero-order valence-electron chi connectivity index (χ0n) is 16.4. The fourth-order valence-electron chi connectivity index (χ4n) is 4.14. The summed E-state index contributed by atoms with van der Waals surface area (Å²) in [6, 6.07) is 19.9. The van der Waals surface area contributed by atoms with E-state index in [1.54, 1.807) is 0 Å². The van der Waals surface area contributed by atoms with Crippen molar-refractivity contribution in [2.75, 3.05) is 37.7 Å². The maximum Gasteiger partial charge on any atom is 0.255 e. The van der Waals surface area contributed by atoms with Gasteiger partial charge in [0.1, 0.15) is 18.5 Å². The number of morpholine rings is 1. The summed E-state index contributed by atoms with van der Waals surface area (Å²) in [6.45, 7) is 6.02. The number of hydrogen-bond donors (Lipinski definition) is 0. The highest BCUT2D eigenvalue weighted by Crippen LogP contribution is 2.34. The van der Waals surface area contributed by atoms with E-state index < -0.39 is 6.10 Å². The van der Waals surface area contributed by atoms with Crippen LogP contribution in [-0.4, -0.2) is 55.3 Å². The highest BCUT2D eigenvalue weighted by Gasteiger charge is 2.45. The molecule has 1 amide bonds. The molecule has 0 bridgehead atoms. The van der Waals surface area contributed by atoms with Crippen molar-refractivity contribution in [3.05, 3.63) is 60.7 Å². The van der Waals surface area contributed by atoms with E-state index in [0.29, 0.717) is 13.2 Å². The smallest absolute Gasteiger partial charge is 0.255 e. The van der Waals surface area contributed by atoms with Crippen molar-refractivity contribution in [3.8, 4) is 5.75 Å². The molecule has 148 valence electrons. The fraction of sp³-hybridized carbons (Fsp3) is 0.435. The Hall–Kier alpha value is -2.37. The second-order valence-electron chi connectivity index (χ2n) is 7.71. The number of piperidine rings is 1. The first kappa shape index (κ1) is 19.0. The minimum absolute atomic E-state index is 0.0514. The lowest BCUT2D eigenvalue weighted by atomic mass is 9.88. The van der Waals surface area contributed by atoms with Gasteiger partial charge in [0.2, 0.25) is 0 Å². The van der Waals surface area contributed by atoms with Crippen molar-refractivity contribution in [1.29, 1.82) is 0 Å². The first-order valence-corrected chi connectivity index (χ1v) is 10.1. The molecule has 5 heteroatoms. The third-order valence-electron chi connectivity index (χ3n) is 5.74. The Balaban J connectivity index is 1.33. The van der Waals surface area contributed by atoms with E-state index in [-0.39, 0.29) is 11.5 Å². The summed E-state index contributed by atoms with van der Waals surface area (Å²) in [7, 11) is 0. The standard InChI is InChI=1S/C23H28N2O3/c1-19-22(26)25(20-8-4-2-5-9-20)18-23(28-19)12-14-24(15-13-23)16-17-27-21-10-6-3-7-11-21/h2-11,19H,12-18H2,1H3. The van der Waals surface area contributed by atoms with Gasteiger partial charge in [-0.05, 0) is 44.0 Å². The highest BCUT2D eigenvalue weighted by atomic mass is 16.5. The number of nitrogens with zero attached hydrogens (tertiary/aromatic N) is 2. The number of amides is 1. The summed E-state index contributed by atoms with van der Waals surface area (Å²) in [5, 5.41) is 0. The van der Waals surface area contributed by atoms with Crippen LogP contribution < -0.4 is 9.64 Å². The van der Waals surface area contributed by atoms with Gasteiger partial charge >= 0.3 is 0 Å². The van der Waals surface area contributed by atoms with E-state index in [1.807, 2.05) is 72.5 Å². The first-order chi connectivity index (χ1) is 13.7. The fourth-order valence-corrected chi connectivity index (χ4v) is 4.14. The van der Waals surface area contributed by atoms with E-state index in [4.69, 9.17) is 9.47 Å². The molecule has 2 aliphatic heterocycles. The maximum absolute atomic E-state index is 12.7. The van der Waals surface area contributed by atoms with Gasteiger partial charge in [-0.1, -0.05) is 36.4 Å². The average Bonchev–Trinajstić information content (AvgIpc) is 2.74. The number of ether oxygens (including phenoxy) is 2. The molecule has 2 saturated heterocycles. The molecule has 2 heterocycles. The van der Waals surface area contributed by atoms with E-state index in [2.05, 4.69) is 4.90 Å². The molecule has 2 aromatic rings. The molecule has 1 spiro atoms. The lowest BCUT2D eigenvalue weighted by Gasteiger charge is -2.49. The molecule has 2 fully saturated rings. The lowest BCUT2D eigenvalue weighted by molar-refractivity contribution is -0.161. The van der Waals surface area contributed by atoms with Crippen molar-refractivity contribution < 1.29 is 14.3 Å². The molecule has 28 heavy (non-hydrogen) atoms. The van der Waals surface area contributed by atoms with Gasteiger partial charge in [-0.3, -0.25) is 9.69 Å². The van der Waals surface area contributed by atoms with Gasteiger partial charge in [0.25, 0.3) is 5.91 Å². The minimum Gasteiger partial charge on any atom is -0.492 e. The topological polar surface area (TPSA) is 42.0 Å². The molecule has 0 N–H and O–H groups in total. The molecule has 1 unspecified atom stereocenters. The van der Waals surface area contributed by atoms with Crippen LogP contribution in [0.5, 0.6) is 5.75 Å². The van der Waals surface area contributed by atoms with Crippen molar-refractivity contribution in [1.82, 2.24) is 4.90 Å². The highest BCUT2D eigenvalue weighted by molar-refractivity contribution is 5.97. The van der Waals surface area contributed by atoms with Crippen LogP contribution in [0.3, 0.4) is 0 Å². The van der Waals surface area contributed by atoms with Gasteiger partial charge in [0, 0.05) is 25.3 Å². The Labute approximate surface area is 166 Å². The van der Waals surface area contributed by atoms with Gasteiger partial charge < -0.3 is 14.4 Å². The predicted molar refractivity (Wildman–Crippen MR) is 110 cm³/mol. The zero-order valence-corrected chi connectivity index (χ0v) is 16.4. The molecule has 0 saturated carbocycles. The molecule has 4 rings (SSSR count). The number of anilines is 1. The second-order valence-corrected chi connectivity index (χ2v) is 7.71. The van der Waals surface area contributed by atoms with E-state index in [0.717, 1.165) is 43.9 Å². The van der Waals surface area contributed by atoms with Crippen molar-refractivity contribution in [3.63, 3.8) is 0 Å². The van der Waals surface area contributed by atoms with Crippen molar-refractivity contribution in [2.24, 2.45) is 0 Å². The maximum atomic E-state index is 12.7. The number of rotatable bonds is 5. The van der Waals surface area contributed by atoms with Crippen LogP contribution in [0.1, 0.15) is 19.8 Å². The normalized spacial score (nSPS) is 22.4. The van der Waals surface area contributed by atoms with Crippen LogP contribution in [0, 0.1) is 0 Å². The van der Waals surface area contributed by atoms with E-state index in [9.17, 15) is 4.79 Å². The Morgan fingerprint density at radius 2 is 1.68 bits per heavy atom. The summed E-state index contributed by atoms with van der Waals surface area (Å²) >= 11 is 0. The SMILES string of the molecule is CC1OC2(CCN(CCOc3ccccc3)CC2)CN(c2ccccc2)C1=O. The van der Waals surface area contributed by atoms with Gasteiger partial charge in [0.05, 0.1) is 12.1 Å². The number of hydrogen-bond acceptors (Lipinski definition) is 4. The number of likely N-dealkylation sites (tertiary alicyclic amines) is 1. The Kier molecular flexibility index (Phi) is 5.64. The summed E-state index contributed by atoms with van der Waals surface area (Å²) in [4.78, 5) is 17.0. The number of carbonyl (C=O) groups is 1. The van der Waals surface area contributed by atoms with Crippen LogP contribution in [0.2, 0.25) is 0 Å². The molecule has 0 aromatic heterocycles. The van der Waals surface area contributed by atoms with E-state index in [1.165, 1.54) is 0 Å². The summed E-state index contributed by atoms with van der Waals surface area (Å²) in [5.74, 6) is 0.966. The van der Waals surface area contributed by atoms with Crippen LogP contribution in [-0.2, 0) is 9.53 Å². The molecule has 2 aliphatic rings. The Morgan fingerprint density at radius 1 is 1.04 bits per heavy atom. The monoisotopic (exact) mass is 380 g/mol. The average molecular weight is 380 g/mol. The number of benzene rings is 2. The quantitative estimate of drug-likeness (QED) is 0.798. The second kappa shape index (κ2) is 8.33. The molecule has 0 aliphatic carbocycles. The third kappa shape index (κ3) is 4.21. The zero-order chi connectivity index (χ0) is 19.4. The molecule has 1 atom stereocenters. The van der Waals surface area contributed by atoms with Crippen molar-refractivity contribution in [2.45, 2.75) is 31.5 Å². The summed E-state index contributed by atoms with van der Waals surface area (Å²) < 4.78 is 12.1. The largest absolute Gasteiger partial charge is 0.492 e. The third-order valence-corrected chi connectivity index (χ3v) is 5.74. The predicted octanol–water partition coefficient (Wildman–Crippen LogP) is 3.35. The molecule has 0 radical (unpaired) electrons. The van der Waals surface area contributed by atoms with Gasteiger partial charge in [-0.15, -0.1) is 0 Å². The van der Waals surface area contributed by atoms with Crippen LogP contribution in [0.25, 0.3) is 0 Å².